The number of hydrogen-bond donors (Lipinski definition) is 1. The van der Waals surface area contributed by atoms with Crippen molar-refractivity contribution < 1.29 is 5.11 Å². The highest BCUT2D eigenvalue weighted by Crippen LogP contribution is 2.32. The second-order valence-corrected chi connectivity index (χ2v) is 8.91. The number of rotatable bonds is 12. The molecule has 0 aliphatic carbocycles. The topological polar surface area (TPSA) is 20.2 Å². The van der Waals surface area contributed by atoms with Gasteiger partial charge in [0.1, 0.15) is 0 Å². The van der Waals surface area contributed by atoms with Crippen LogP contribution in [0.1, 0.15) is 75.1 Å². The summed E-state index contributed by atoms with van der Waals surface area (Å²) in [5, 5.41) is 9.05. The van der Waals surface area contributed by atoms with Gasteiger partial charge in [0.25, 0.3) is 0 Å². The molecule has 1 nitrogen and oxygen atoms in total. The van der Waals surface area contributed by atoms with Crippen LogP contribution in [0.25, 0.3) is 22.3 Å². The van der Waals surface area contributed by atoms with E-state index in [4.69, 9.17) is 5.11 Å². The van der Waals surface area contributed by atoms with Crippen LogP contribution in [0.5, 0.6) is 0 Å². The molecule has 0 amide bonds. The van der Waals surface area contributed by atoms with E-state index < -0.39 is 0 Å². The number of aliphatic hydroxyl groups is 1. The van der Waals surface area contributed by atoms with Gasteiger partial charge in [-0.2, -0.15) is 0 Å². The molecule has 0 saturated heterocycles. The maximum Gasteiger partial charge on any atom is 0.0431 e. The maximum atomic E-state index is 9.05. The van der Waals surface area contributed by atoms with Crippen LogP contribution >= 0.6 is 0 Å². The SMILES string of the molecule is CCCCCc1ccc(-c2ccc(-c3ccc(CCCCO)cc3CC)cc2CC)cc1. The average Bonchev–Trinajstić information content (AvgIpc) is 2.84. The van der Waals surface area contributed by atoms with Crippen molar-refractivity contribution >= 4 is 0 Å². The first-order valence-electron chi connectivity index (χ1n) is 12.6. The Hall–Kier alpha value is -2.38. The first-order valence-corrected chi connectivity index (χ1v) is 12.6. The zero-order valence-corrected chi connectivity index (χ0v) is 20.3. The van der Waals surface area contributed by atoms with Crippen LogP contribution in [0.2, 0.25) is 0 Å². The van der Waals surface area contributed by atoms with Crippen LogP contribution in [0.15, 0.2) is 60.7 Å². The van der Waals surface area contributed by atoms with Crippen LogP contribution in [0.3, 0.4) is 0 Å². The zero-order valence-electron chi connectivity index (χ0n) is 20.3. The molecule has 0 atom stereocenters. The standard InChI is InChI=1S/C31H40O/c1-4-7-8-11-24-13-16-28(17-14-24)30-20-18-29(23-27(30)6-3)31-19-15-25(12-9-10-21-32)22-26(31)5-2/h13-20,22-23,32H,4-12,21H2,1-3H3. The molecule has 0 saturated carbocycles. The number of benzene rings is 3. The molecule has 3 aromatic carbocycles. The van der Waals surface area contributed by atoms with Crippen molar-refractivity contribution in [3.63, 3.8) is 0 Å². The fraction of sp³-hybridized carbons (Fsp3) is 0.419. The van der Waals surface area contributed by atoms with Gasteiger partial charge in [0.2, 0.25) is 0 Å². The Morgan fingerprint density at radius 2 is 1.12 bits per heavy atom. The fourth-order valence-electron chi connectivity index (χ4n) is 4.58. The van der Waals surface area contributed by atoms with Crippen molar-refractivity contribution in [2.45, 2.75) is 78.6 Å². The quantitative estimate of drug-likeness (QED) is 0.288. The van der Waals surface area contributed by atoms with Crippen molar-refractivity contribution in [2.75, 3.05) is 6.61 Å². The summed E-state index contributed by atoms with van der Waals surface area (Å²) in [6.07, 6.45) is 10.1. The van der Waals surface area contributed by atoms with Crippen molar-refractivity contribution in [3.05, 3.63) is 82.9 Å². The van der Waals surface area contributed by atoms with Crippen LogP contribution in [-0.2, 0) is 25.7 Å². The summed E-state index contributed by atoms with van der Waals surface area (Å²) >= 11 is 0. The number of aryl methyl sites for hydroxylation is 4. The number of unbranched alkanes of at least 4 members (excludes halogenated alkanes) is 3. The van der Waals surface area contributed by atoms with Gasteiger partial charge < -0.3 is 5.11 Å². The molecule has 0 aliphatic rings. The molecule has 1 heteroatoms. The van der Waals surface area contributed by atoms with Crippen molar-refractivity contribution in [1.29, 1.82) is 0 Å². The molecule has 170 valence electrons. The van der Waals surface area contributed by atoms with Gasteiger partial charge in [-0.05, 0) is 89.5 Å². The Morgan fingerprint density at radius 1 is 0.562 bits per heavy atom. The summed E-state index contributed by atoms with van der Waals surface area (Å²) in [7, 11) is 0. The van der Waals surface area contributed by atoms with Crippen LogP contribution < -0.4 is 0 Å². The summed E-state index contributed by atoms with van der Waals surface area (Å²) in [6.45, 7) is 7.04. The molecule has 0 unspecified atom stereocenters. The van der Waals surface area contributed by atoms with Crippen molar-refractivity contribution in [3.8, 4) is 22.3 Å². The number of aliphatic hydroxyl groups excluding tert-OH is 1. The van der Waals surface area contributed by atoms with Gasteiger partial charge in [0, 0.05) is 6.61 Å². The van der Waals surface area contributed by atoms with E-state index in [-0.39, 0.29) is 6.61 Å². The van der Waals surface area contributed by atoms with E-state index in [0.717, 1.165) is 32.1 Å². The molecule has 3 aromatic rings. The van der Waals surface area contributed by atoms with Crippen LogP contribution in [0, 0.1) is 0 Å². The minimum absolute atomic E-state index is 0.284. The molecule has 0 aliphatic heterocycles. The summed E-state index contributed by atoms with van der Waals surface area (Å²) in [5.41, 5.74) is 11.0. The molecule has 0 aromatic heterocycles. The van der Waals surface area contributed by atoms with Crippen LogP contribution in [0.4, 0.5) is 0 Å². The van der Waals surface area contributed by atoms with Gasteiger partial charge in [-0.15, -0.1) is 0 Å². The Bertz CT molecular complexity index is 968. The predicted molar refractivity (Wildman–Crippen MR) is 139 cm³/mol. The predicted octanol–water partition coefficient (Wildman–Crippen LogP) is 8.19. The molecule has 0 spiro atoms. The van der Waals surface area contributed by atoms with Crippen molar-refractivity contribution in [1.82, 2.24) is 0 Å². The molecule has 0 heterocycles. The highest BCUT2D eigenvalue weighted by molar-refractivity contribution is 5.75. The minimum atomic E-state index is 0.284. The lowest BCUT2D eigenvalue weighted by atomic mass is 9.90. The van der Waals surface area contributed by atoms with Gasteiger partial charge in [-0.1, -0.05) is 94.3 Å². The van der Waals surface area contributed by atoms with Crippen LogP contribution in [-0.4, -0.2) is 11.7 Å². The van der Waals surface area contributed by atoms with Gasteiger partial charge in [0.15, 0.2) is 0 Å². The third-order valence-electron chi connectivity index (χ3n) is 6.56. The monoisotopic (exact) mass is 428 g/mol. The lowest BCUT2D eigenvalue weighted by molar-refractivity contribution is 0.284. The normalized spacial score (nSPS) is 11.1. The Labute approximate surface area is 195 Å². The summed E-state index contributed by atoms with van der Waals surface area (Å²) < 4.78 is 0. The Kier molecular flexibility index (Phi) is 9.56. The molecule has 3 rings (SSSR count). The van der Waals surface area contributed by atoms with E-state index in [2.05, 4.69) is 81.4 Å². The molecule has 32 heavy (non-hydrogen) atoms. The van der Waals surface area contributed by atoms with E-state index in [1.165, 1.54) is 70.2 Å². The molecular weight excluding hydrogens is 388 g/mol. The highest BCUT2D eigenvalue weighted by atomic mass is 16.2. The highest BCUT2D eigenvalue weighted by Gasteiger charge is 2.10. The van der Waals surface area contributed by atoms with E-state index in [0.29, 0.717) is 0 Å². The fourth-order valence-corrected chi connectivity index (χ4v) is 4.58. The Morgan fingerprint density at radius 3 is 1.81 bits per heavy atom. The van der Waals surface area contributed by atoms with Crippen molar-refractivity contribution in [2.24, 2.45) is 0 Å². The first-order chi connectivity index (χ1) is 15.7. The zero-order chi connectivity index (χ0) is 22.8. The summed E-state index contributed by atoms with van der Waals surface area (Å²) in [4.78, 5) is 0. The van der Waals surface area contributed by atoms with Gasteiger partial charge in [0.05, 0.1) is 0 Å². The average molecular weight is 429 g/mol. The first kappa shape index (κ1) is 24.3. The Balaban J connectivity index is 1.83. The van der Waals surface area contributed by atoms with E-state index >= 15 is 0 Å². The van der Waals surface area contributed by atoms with E-state index in [1.807, 2.05) is 0 Å². The second kappa shape index (κ2) is 12.6. The second-order valence-electron chi connectivity index (χ2n) is 8.91. The van der Waals surface area contributed by atoms with Gasteiger partial charge in [-0.25, -0.2) is 0 Å². The molecular formula is C31H40O. The van der Waals surface area contributed by atoms with E-state index in [9.17, 15) is 0 Å². The summed E-state index contributed by atoms with van der Waals surface area (Å²) in [6, 6.07) is 23.1. The smallest absolute Gasteiger partial charge is 0.0431 e. The molecule has 0 bridgehead atoms. The maximum absolute atomic E-state index is 9.05. The largest absolute Gasteiger partial charge is 0.396 e. The van der Waals surface area contributed by atoms with Gasteiger partial charge in [-0.3, -0.25) is 0 Å². The minimum Gasteiger partial charge on any atom is -0.396 e. The van der Waals surface area contributed by atoms with E-state index in [1.54, 1.807) is 0 Å². The molecule has 0 radical (unpaired) electrons. The van der Waals surface area contributed by atoms with Gasteiger partial charge >= 0.3 is 0 Å². The number of hydrogen-bond acceptors (Lipinski definition) is 1. The molecule has 0 fully saturated rings. The third kappa shape index (κ3) is 6.33. The lowest BCUT2D eigenvalue weighted by Gasteiger charge is -2.15. The third-order valence-corrected chi connectivity index (χ3v) is 6.56. The lowest BCUT2D eigenvalue weighted by Crippen LogP contribution is -1.95. The molecule has 1 N–H and O–H groups in total. The summed E-state index contributed by atoms with van der Waals surface area (Å²) in [5.74, 6) is 0.